The van der Waals surface area contributed by atoms with Crippen molar-refractivity contribution in [1.82, 2.24) is 15.4 Å². The zero-order chi connectivity index (χ0) is 20.6. The molecule has 4 rings (SSSR count). The van der Waals surface area contributed by atoms with E-state index < -0.39 is 0 Å². The summed E-state index contributed by atoms with van der Waals surface area (Å²) in [6, 6.07) is 6.78. The van der Waals surface area contributed by atoms with Crippen LogP contribution in [0.4, 0.5) is 0 Å². The normalized spacial score (nSPS) is 21.8. The van der Waals surface area contributed by atoms with Crippen LogP contribution in [0.2, 0.25) is 0 Å². The largest absolute Gasteiger partial charge is 0.444 e. The maximum absolute atomic E-state index is 8.96. The predicted molar refractivity (Wildman–Crippen MR) is 116 cm³/mol. The molecule has 158 valence electrons. The average molecular weight is 398 g/mol. The SMILES string of the molecule is CC1(C)CCC(C)(C)c2cc(-c3nc(C4CCN(NCCO)CC4)co3)ccc21. The second-order valence-corrected chi connectivity index (χ2v) is 10.00. The van der Waals surface area contributed by atoms with Crippen molar-refractivity contribution in [2.75, 3.05) is 26.2 Å². The van der Waals surface area contributed by atoms with Crippen molar-refractivity contribution in [3.05, 3.63) is 41.3 Å². The summed E-state index contributed by atoms with van der Waals surface area (Å²) in [5.41, 5.74) is 8.73. The second kappa shape index (κ2) is 7.86. The molecule has 5 nitrogen and oxygen atoms in total. The number of aliphatic hydroxyl groups is 1. The standard InChI is InChI=1S/C24H35N3O2/c1-23(2)9-10-24(3,4)20-15-18(5-6-19(20)23)22-26-21(16-29-22)17-7-12-27(13-8-17)25-11-14-28/h5-6,15-17,25,28H,7-14H2,1-4H3. The number of oxazole rings is 1. The number of piperidine rings is 1. The number of nitrogens with one attached hydrogen (secondary N) is 1. The van der Waals surface area contributed by atoms with Crippen LogP contribution in [-0.4, -0.2) is 41.3 Å². The molecule has 0 spiro atoms. The van der Waals surface area contributed by atoms with Crippen LogP contribution in [0.15, 0.2) is 28.9 Å². The van der Waals surface area contributed by atoms with E-state index in [0.717, 1.165) is 43.1 Å². The van der Waals surface area contributed by atoms with Gasteiger partial charge in [-0.1, -0.05) is 33.8 Å². The van der Waals surface area contributed by atoms with Crippen LogP contribution in [0.5, 0.6) is 0 Å². The maximum Gasteiger partial charge on any atom is 0.226 e. The van der Waals surface area contributed by atoms with Crippen LogP contribution in [0, 0.1) is 0 Å². The highest BCUT2D eigenvalue weighted by atomic mass is 16.3. The Kier molecular flexibility index (Phi) is 5.58. The summed E-state index contributed by atoms with van der Waals surface area (Å²) >= 11 is 0. The molecule has 1 aromatic carbocycles. The molecule has 0 atom stereocenters. The highest BCUT2D eigenvalue weighted by Gasteiger charge is 2.37. The summed E-state index contributed by atoms with van der Waals surface area (Å²) in [7, 11) is 0. The molecule has 29 heavy (non-hydrogen) atoms. The lowest BCUT2D eigenvalue weighted by Crippen LogP contribution is -2.44. The molecule has 2 aromatic rings. The molecule has 2 heterocycles. The summed E-state index contributed by atoms with van der Waals surface area (Å²) < 4.78 is 5.93. The molecule has 1 aromatic heterocycles. The van der Waals surface area contributed by atoms with Crippen molar-refractivity contribution < 1.29 is 9.52 Å². The van der Waals surface area contributed by atoms with Crippen LogP contribution in [0.1, 0.15) is 76.1 Å². The number of hydrogen-bond donors (Lipinski definition) is 2. The van der Waals surface area contributed by atoms with Crippen LogP contribution in [0.3, 0.4) is 0 Å². The minimum Gasteiger partial charge on any atom is -0.444 e. The molecule has 0 radical (unpaired) electrons. The topological polar surface area (TPSA) is 61.5 Å². The van der Waals surface area contributed by atoms with Crippen molar-refractivity contribution >= 4 is 0 Å². The number of hydrogen-bond acceptors (Lipinski definition) is 5. The Hall–Kier alpha value is -1.69. The first-order chi connectivity index (χ1) is 13.8. The number of fused-ring (bicyclic) bond motifs is 1. The fraction of sp³-hybridized carbons (Fsp3) is 0.625. The quantitative estimate of drug-likeness (QED) is 0.785. The second-order valence-electron chi connectivity index (χ2n) is 10.00. The Bertz CT molecular complexity index is 848. The van der Waals surface area contributed by atoms with Crippen molar-refractivity contribution in [1.29, 1.82) is 0 Å². The van der Waals surface area contributed by atoms with Gasteiger partial charge in [-0.3, -0.25) is 5.43 Å². The van der Waals surface area contributed by atoms with Crippen LogP contribution in [0.25, 0.3) is 11.5 Å². The minimum atomic E-state index is 0.168. The zero-order valence-electron chi connectivity index (χ0n) is 18.3. The number of hydrazine groups is 1. The van der Waals surface area contributed by atoms with E-state index in [1.165, 1.54) is 24.0 Å². The lowest BCUT2D eigenvalue weighted by molar-refractivity contribution is 0.128. The molecular weight excluding hydrogens is 362 g/mol. The summed E-state index contributed by atoms with van der Waals surface area (Å²) in [6.07, 6.45) is 6.38. The van der Waals surface area contributed by atoms with Crippen molar-refractivity contribution in [2.24, 2.45) is 0 Å². The Morgan fingerprint density at radius 2 is 1.79 bits per heavy atom. The highest BCUT2D eigenvalue weighted by molar-refractivity contribution is 5.59. The first-order valence-electron chi connectivity index (χ1n) is 11.0. The van der Waals surface area contributed by atoms with Gasteiger partial charge in [0.15, 0.2) is 0 Å². The summed E-state index contributed by atoms with van der Waals surface area (Å²) in [5.74, 6) is 1.18. The van der Waals surface area contributed by atoms with E-state index in [-0.39, 0.29) is 17.4 Å². The number of aromatic nitrogens is 1. The lowest BCUT2D eigenvalue weighted by atomic mass is 9.63. The highest BCUT2D eigenvalue weighted by Crippen LogP contribution is 2.46. The summed E-state index contributed by atoms with van der Waals surface area (Å²) in [4.78, 5) is 4.88. The molecule has 2 N–H and O–H groups in total. The maximum atomic E-state index is 8.96. The van der Waals surface area contributed by atoms with E-state index >= 15 is 0 Å². The fourth-order valence-electron chi connectivity index (χ4n) is 4.87. The van der Waals surface area contributed by atoms with E-state index in [9.17, 15) is 0 Å². The first kappa shape index (κ1) is 20.6. The number of aliphatic hydroxyl groups excluding tert-OH is 1. The number of nitrogens with zero attached hydrogens (tertiary/aromatic N) is 2. The summed E-state index contributed by atoms with van der Waals surface area (Å²) in [5, 5.41) is 11.2. The monoisotopic (exact) mass is 397 g/mol. The van der Waals surface area contributed by atoms with Gasteiger partial charge in [-0.05, 0) is 59.8 Å². The average Bonchev–Trinajstić information content (AvgIpc) is 3.20. The third-order valence-corrected chi connectivity index (χ3v) is 6.98. The molecule has 1 aliphatic heterocycles. The third kappa shape index (κ3) is 4.14. The Morgan fingerprint density at radius 3 is 2.48 bits per heavy atom. The van der Waals surface area contributed by atoms with Gasteiger partial charge in [-0.25, -0.2) is 9.99 Å². The van der Waals surface area contributed by atoms with E-state index in [1.54, 1.807) is 0 Å². The van der Waals surface area contributed by atoms with Gasteiger partial charge < -0.3 is 9.52 Å². The van der Waals surface area contributed by atoms with Crippen molar-refractivity contribution in [3.63, 3.8) is 0 Å². The molecule has 1 aliphatic carbocycles. The Morgan fingerprint density at radius 1 is 1.10 bits per heavy atom. The van der Waals surface area contributed by atoms with Gasteiger partial charge in [0.1, 0.15) is 6.26 Å². The van der Waals surface area contributed by atoms with Crippen LogP contribution >= 0.6 is 0 Å². The van der Waals surface area contributed by atoms with Gasteiger partial charge in [0.25, 0.3) is 0 Å². The lowest BCUT2D eigenvalue weighted by Gasteiger charge is -2.42. The molecule has 0 amide bonds. The minimum absolute atomic E-state index is 0.168. The molecule has 0 bridgehead atoms. The Labute approximate surface area is 174 Å². The van der Waals surface area contributed by atoms with Gasteiger partial charge >= 0.3 is 0 Å². The van der Waals surface area contributed by atoms with E-state index in [0.29, 0.717) is 12.5 Å². The molecule has 1 fully saturated rings. The van der Waals surface area contributed by atoms with E-state index in [1.807, 2.05) is 6.26 Å². The van der Waals surface area contributed by atoms with Gasteiger partial charge in [-0.2, -0.15) is 0 Å². The molecular formula is C24H35N3O2. The zero-order valence-corrected chi connectivity index (χ0v) is 18.3. The molecule has 0 saturated carbocycles. The molecule has 0 unspecified atom stereocenters. The van der Waals surface area contributed by atoms with Gasteiger partial charge in [-0.15, -0.1) is 0 Å². The first-order valence-corrected chi connectivity index (χ1v) is 11.0. The predicted octanol–water partition coefficient (Wildman–Crippen LogP) is 4.37. The smallest absolute Gasteiger partial charge is 0.226 e. The number of benzene rings is 1. The van der Waals surface area contributed by atoms with E-state index in [2.05, 4.69) is 56.3 Å². The Balaban J connectivity index is 1.52. The van der Waals surface area contributed by atoms with E-state index in [4.69, 9.17) is 14.5 Å². The third-order valence-electron chi connectivity index (χ3n) is 6.98. The fourth-order valence-corrected chi connectivity index (χ4v) is 4.87. The van der Waals surface area contributed by atoms with Crippen molar-refractivity contribution in [3.8, 4) is 11.5 Å². The van der Waals surface area contributed by atoms with Gasteiger partial charge in [0, 0.05) is 31.1 Å². The molecule has 5 heteroatoms. The molecule has 1 saturated heterocycles. The van der Waals surface area contributed by atoms with Crippen LogP contribution < -0.4 is 5.43 Å². The van der Waals surface area contributed by atoms with Crippen molar-refractivity contribution in [2.45, 2.75) is 70.1 Å². The summed E-state index contributed by atoms with van der Waals surface area (Å²) in [6.45, 7) is 12.1. The van der Waals surface area contributed by atoms with Gasteiger partial charge in [0.05, 0.1) is 12.3 Å². The number of rotatable bonds is 5. The van der Waals surface area contributed by atoms with Crippen LogP contribution in [-0.2, 0) is 10.8 Å². The van der Waals surface area contributed by atoms with Gasteiger partial charge in [0.2, 0.25) is 5.89 Å². The molecule has 2 aliphatic rings.